The molecule has 2 rings (SSSR count). The molecule has 0 aromatic heterocycles. The predicted octanol–water partition coefficient (Wildman–Crippen LogP) is 0.280. The maximum Gasteiger partial charge on any atom is 0.407 e. The first-order chi connectivity index (χ1) is 8.06. The molecule has 96 valence electrons. The number of cyclic esters (lactones) is 1. The van der Waals surface area contributed by atoms with Crippen molar-refractivity contribution in [2.75, 3.05) is 19.6 Å². The fourth-order valence-corrected chi connectivity index (χ4v) is 2.46. The van der Waals surface area contributed by atoms with E-state index in [1.54, 1.807) is 0 Å². The van der Waals surface area contributed by atoms with Crippen LogP contribution in [0.4, 0.5) is 4.79 Å². The molecule has 3 unspecified atom stereocenters. The van der Waals surface area contributed by atoms with Gasteiger partial charge in [-0.05, 0) is 25.3 Å². The number of piperidine rings is 1. The van der Waals surface area contributed by atoms with Crippen LogP contribution in [0.3, 0.4) is 0 Å². The van der Waals surface area contributed by atoms with E-state index in [1.165, 1.54) is 0 Å². The van der Waals surface area contributed by atoms with Crippen LogP contribution in [-0.4, -0.2) is 53.8 Å². The minimum absolute atomic E-state index is 0.224. The normalized spacial score (nSPS) is 34.2. The number of carboxylic acids is 1. The van der Waals surface area contributed by atoms with Crippen molar-refractivity contribution in [1.29, 1.82) is 0 Å². The number of amides is 1. The number of alkyl carbamates (subject to hydrolysis) is 1. The summed E-state index contributed by atoms with van der Waals surface area (Å²) < 4.78 is 5.03. The number of nitrogens with one attached hydrogen (secondary N) is 1. The fourth-order valence-electron chi connectivity index (χ4n) is 2.46. The summed E-state index contributed by atoms with van der Waals surface area (Å²) in [6.07, 6.45) is 1.03. The van der Waals surface area contributed by atoms with E-state index in [-0.39, 0.29) is 6.10 Å². The molecule has 0 radical (unpaired) electrons. The SMILES string of the molecule is CC1CCN(CC2CNC(=O)O2)C(C(=O)O)C1. The van der Waals surface area contributed by atoms with Gasteiger partial charge in [0.1, 0.15) is 12.1 Å². The highest BCUT2D eigenvalue weighted by atomic mass is 16.6. The molecule has 17 heavy (non-hydrogen) atoms. The van der Waals surface area contributed by atoms with Crippen LogP contribution < -0.4 is 5.32 Å². The number of ether oxygens (including phenoxy) is 1. The monoisotopic (exact) mass is 242 g/mol. The molecule has 2 heterocycles. The number of likely N-dealkylation sites (tertiary alicyclic amines) is 1. The van der Waals surface area contributed by atoms with Gasteiger partial charge in [0.25, 0.3) is 0 Å². The van der Waals surface area contributed by atoms with Crippen molar-refractivity contribution in [3.63, 3.8) is 0 Å². The van der Waals surface area contributed by atoms with Crippen molar-refractivity contribution in [3.8, 4) is 0 Å². The van der Waals surface area contributed by atoms with Crippen molar-refractivity contribution >= 4 is 12.1 Å². The maximum atomic E-state index is 11.2. The van der Waals surface area contributed by atoms with E-state index in [0.29, 0.717) is 25.4 Å². The molecule has 3 atom stereocenters. The lowest BCUT2D eigenvalue weighted by molar-refractivity contribution is -0.145. The van der Waals surface area contributed by atoms with Gasteiger partial charge in [0, 0.05) is 6.54 Å². The van der Waals surface area contributed by atoms with Gasteiger partial charge >= 0.3 is 12.1 Å². The van der Waals surface area contributed by atoms with E-state index in [0.717, 1.165) is 13.0 Å². The molecule has 2 aliphatic rings. The van der Waals surface area contributed by atoms with Crippen LogP contribution in [0.15, 0.2) is 0 Å². The molecule has 1 amide bonds. The van der Waals surface area contributed by atoms with Gasteiger partial charge < -0.3 is 15.2 Å². The molecule has 0 bridgehead atoms. The highest BCUT2D eigenvalue weighted by Crippen LogP contribution is 2.23. The maximum absolute atomic E-state index is 11.2. The molecule has 2 aliphatic heterocycles. The van der Waals surface area contributed by atoms with Gasteiger partial charge in [-0.25, -0.2) is 4.79 Å². The Kier molecular flexibility index (Phi) is 3.51. The zero-order valence-electron chi connectivity index (χ0n) is 9.89. The van der Waals surface area contributed by atoms with Gasteiger partial charge in [0.15, 0.2) is 0 Å². The standard InChI is InChI=1S/C11H18N2O4/c1-7-2-3-13(9(4-7)10(14)15)6-8-5-12-11(16)17-8/h7-9H,2-6H2,1H3,(H,12,16)(H,14,15). The molecule has 2 N–H and O–H groups in total. The largest absolute Gasteiger partial charge is 0.480 e. The van der Waals surface area contributed by atoms with Gasteiger partial charge in [0.2, 0.25) is 0 Å². The Balaban J connectivity index is 1.93. The average molecular weight is 242 g/mol. The second-order valence-electron chi connectivity index (χ2n) is 4.89. The van der Waals surface area contributed by atoms with Crippen LogP contribution in [-0.2, 0) is 9.53 Å². The third-order valence-electron chi connectivity index (χ3n) is 3.45. The lowest BCUT2D eigenvalue weighted by Gasteiger charge is -2.36. The summed E-state index contributed by atoms with van der Waals surface area (Å²) in [6.45, 7) is 3.80. The lowest BCUT2D eigenvalue weighted by Crippen LogP contribution is -2.50. The highest BCUT2D eigenvalue weighted by Gasteiger charge is 2.35. The second kappa shape index (κ2) is 4.91. The first-order valence-corrected chi connectivity index (χ1v) is 5.97. The van der Waals surface area contributed by atoms with Crippen LogP contribution in [0.2, 0.25) is 0 Å². The van der Waals surface area contributed by atoms with E-state index in [9.17, 15) is 14.7 Å². The minimum Gasteiger partial charge on any atom is -0.480 e. The van der Waals surface area contributed by atoms with Crippen LogP contribution in [0.1, 0.15) is 19.8 Å². The molecule has 2 saturated heterocycles. The van der Waals surface area contributed by atoms with Gasteiger partial charge in [-0.1, -0.05) is 6.92 Å². The van der Waals surface area contributed by atoms with Crippen LogP contribution in [0.5, 0.6) is 0 Å². The van der Waals surface area contributed by atoms with E-state index in [4.69, 9.17) is 4.74 Å². The quantitative estimate of drug-likeness (QED) is 0.743. The molecule has 0 aromatic rings. The Morgan fingerprint density at radius 3 is 3.00 bits per heavy atom. The van der Waals surface area contributed by atoms with E-state index in [2.05, 4.69) is 12.2 Å². The summed E-state index contributed by atoms with van der Waals surface area (Å²) in [5, 5.41) is 11.8. The lowest BCUT2D eigenvalue weighted by atomic mass is 9.92. The first kappa shape index (κ1) is 12.2. The Hall–Kier alpha value is -1.30. The number of aliphatic carboxylic acids is 1. The smallest absolute Gasteiger partial charge is 0.407 e. The zero-order valence-corrected chi connectivity index (χ0v) is 9.89. The topological polar surface area (TPSA) is 78.9 Å². The molecular formula is C11H18N2O4. The third kappa shape index (κ3) is 2.88. The van der Waals surface area contributed by atoms with Gasteiger partial charge in [-0.2, -0.15) is 0 Å². The minimum atomic E-state index is -0.783. The van der Waals surface area contributed by atoms with Crippen LogP contribution in [0.25, 0.3) is 0 Å². The van der Waals surface area contributed by atoms with E-state index >= 15 is 0 Å². The summed E-state index contributed by atoms with van der Waals surface area (Å²) in [6, 6.07) is -0.446. The molecule has 6 heteroatoms. The molecule has 2 fully saturated rings. The first-order valence-electron chi connectivity index (χ1n) is 5.97. The summed E-state index contributed by atoms with van der Waals surface area (Å²) >= 11 is 0. The van der Waals surface area contributed by atoms with Gasteiger partial charge in [0.05, 0.1) is 6.54 Å². The zero-order chi connectivity index (χ0) is 12.4. The number of carboxylic acid groups (broad SMARTS) is 1. The summed E-state index contributed by atoms with van der Waals surface area (Å²) in [5.41, 5.74) is 0. The molecule has 0 spiro atoms. The molecule has 0 aromatic carbocycles. The molecule has 0 aliphatic carbocycles. The number of rotatable bonds is 3. The van der Waals surface area contributed by atoms with Gasteiger partial charge in [-0.3, -0.25) is 9.69 Å². The predicted molar refractivity (Wildman–Crippen MR) is 59.7 cm³/mol. The summed E-state index contributed by atoms with van der Waals surface area (Å²) in [5.74, 6) is -0.342. The van der Waals surface area contributed by atoms with Crippen LogP contribution >= 0.6 is 0 Å². The Morgan fingerprint density at radius 2 is 2.41 bits per heavy atom. The number of hydrogen-bond donors (Lipinski definition) is 2. The third-order valence-corrected chi connectivity index (χ3v) is 3.45. The van der Waals surface area contributed by atoms with Gasteiger partial charge in [-0.15, -0.1) is 0 Å². The number of nitrogens with zero attached hydrogens (tertiary/aromatic N) is 1. The number of carbonyl (C=O) groups is 2. The van der Waals surface area contributed by atoms with Crippen molar-refractivity contribution in [3.05, 3.63) is 0 Å². The molecular weight excluding hydrogens is 224 g/mol. The van der Waals surface area contributed by atoms with E-state index < -0.39 is 18.1 Å². The number of carbonyl (C=O) groups excluding carboxylic acids is 1. The van der Waals surface area contributed by atoms with Crippen molar-refractivity contribution in [1.82, 2.24) is 10.2 Å². The Morgan fingerprint density at radius 1 is 1.65 bits per heavy atom. The average Bonchev–Trinajstić information content (AvgIpc) is 2.66. The molecule has 0 saturated carbocycles. The van der Waals surface area contributed by atoms with Crippen molar-refractivity contribution in [2.24, 2.45) is 5.92 Å². The van der Waals surface area contributed by atoms with E-state index in [1.807, 2.05) is 4.90 Å². The number of hydrogen-bond acceptors (Lipinski definition) is 4. The highest BCUT2D eigenvalue weighted by molar-refractivity contribution is 5.73. The summed E-state index contributed by atoms with van der Waals surface area (Å²) in [4.78, 5) is 24.0. The Labute approximate surface area is 99.9 Å². The van der Waals surface area contributed by atoms with Crippen molar-refractivity contribution in [2.45, 2.75) is 31.9 Å². The summed E-state index contributed by atoms with van der Waals surface area (Å²) in [7, 11) is 0. The molecule has 6 nitrogen and oxygen atoms in total. The van der Waals surface area contributed by atoms with Crippen LogP contribution in [0, 0.1) is 5.92 Å². The van der Waals surface area contributed by atoms with Crippen molar-refractivity contribution < 1.29 is 19.4 Å². The Bertz CT molecular complexity index is 321. The second-order valence-corrected chi connectivity index (χ2v) is 4.89. The fraction of sp³-hybridized carbons (Fsp3) is 0.818.